The molecule has 9 heteroatoms. The van der Waals surface area contributed by atoms with Crippen LogP contribution in [0.25, 0.3) is 11.4 Å². The van der Waals surface area contributed by atoms with Crippen molar-refractivity contribution in [2.75, 3.05) is 0 Å². The van der Waals surface area contributed by atoms with Crippen LogP contribution in [-0.4, -0.2) is 36.7 Å². The van der Waals surface area contributed by atoms with E-state index in [1.807, 2.05) is 0 Å². The number of carbonyl (C=O) groups is 2. The predicted molar refractivity (Wildman–Crippen MR) is 103 cm³/mol. The van der Waals surface area contributed by atoms with Crippen LogP contribution in [0, 0.1) is 12.3 Å². The van der Waals surface area contributed by atoms with Crippen LogP contribution in [0.2, 0.25) is 5.02 Å². The number of esters is 1. The zero-order valence-electron chi connectivity index (χ0n) is 16.2. The summed E-state index contributed by atoms with van der Waals surface area (Å²) in [4.78, 5) is 29.6. The largest absolute Gasteiger partial charge is 0.407 e. The summed E-state index contributed by atoms with van der Waals surface area (Å²) < 4.78 is 6.88. The van der Waals surface area contributed by atoms with Crippen LogP contribution in [0.3, 0.4) is 0 Å². The Morgan fingerprint density at radius 1 is 1.25 bits per heavy atom. The van der Waals surface area contributed by atoms with Gasteiger partial charge in [0.1, 0.15) is 11.9 Å². The summed E-state index contributed by atoms with van der Waals surface area (Å²) in [6.45, 7) is 6.88. The molecule has 0 spiro atoms. The maximum absolute atomic E-state index is 13.2. The van der Waals surface area contributed by atoms with E-state index < -0.39 is 11.4 Å². The third-order valence-electron chi connectivity index (χ3n) is 4.10. The van der Waals surface area contributed by atoms with Gasteiger partial charge in [0.05, 0.1) is 16.1 Å². The van der Waals surface area contributed by atoms with Crippen molar-refractivity contribution < 1.29 is 14.3 Å². The van der Waals surface area contributed by atoms with Crippen molar-refractivity contribution >= 4 is 23.4 Å². The molecule has 1 N–H and O–H groups in total. The number of nitrogens with one attached hydrogen (secondary N) is 1. The normalized spacial score (nSPS) is 11.5. The van der Waals surface area contributed by atoms with Gasteiger partial charge in [0.2, 0.25) is 11.7 Å². The second kappa shape index (κ2) is 7.20. The van der Waals surface area contributed by atoms with Crippen LogP contribution in [-0.2, 0) is 11.8 Å². The lowest BCUT2D eigenvalue weighted by atomic mass is 9.97. The molecule has 0 saturated carbocycles. The first-order valence-corrected chi connectivity index (χ1v) is 8.93. The van der Waals surface area contributed by atoms with E-state index in [0.717, 1.165) is 0 Å². The number of nitrogens with zero attached hydrogens (tertiary/aromatic N) is 4. The van der Waals surface area contributed by atoms with Gasteiger partial charge in [-0.25, -0.2) is 9.67 Å². The molecule has 0 radical (unpaired) electrons. The van der Waals surface area contributed by atoms with Crippen molar-refractivity contribution in [3.05, 3.63) is 46.4 Å². The van der Waals surface area contributed by atoms with E-state index in [2.05, 4.69) is 20.3 Å². The van der Waals surface area contributed by atoms with E-state index in [4.69, 9.17) is 16.3 Å². The summed E-state index contributed by atoms with van der Waals surface area (Å²) >= 11 is 6.36. The first-order valence-electron chi connectivity index (χ1n) is 8.55. The van der Waals surface area contributed by atoms with Crippen LogP contribution in [0.4, 0.5) is 0 Å². The molecule has 0 aliphatic rings. The molecular weight excluding hydrogens is 382 g/mol. The summed E-state index contributed by atoms with van der Waals surface area (Å²) in [6.07, 6.45) is 1.39. The number of ketones is 1. The molecule has 0 amide bonds. The fraction of sp³-hybridized carbons (Fsp3) is 0.316. The third kappa shape index (κ3) is 3.68. The van der Waals surface area contributed by atoms with E-state index in [9.17, 15) is 9.59 Å². The van der Waals surface area contributed by atoms with Crippen LogP contribution in [0.5, 0.6) is 5.88 Å². The molecule has 0 saturated heterocycles. The Hall–Kier alpha value is -3.00. The smallest absolute Gasteiger partial charge is 0.317 e. The molecule has 2 heterocycles. The molecule has 0 fully saturated rings. The molecule has 146 valence electrons. The highest BCUT2D eigenvalue weighted by atomic mass is 35.5. The van der Waals surface area contributed by atoms with Crippen LogP contribution >= 0.6 is 11.6 Å². The molecule has 8 nitrogen and oxygen atoms in total. The van der Waals surface area contributed by atoms with Crippen molar-refractivity contribution in [3.63, 3.8) is 0 Å². The molecule has 3 rings (SSSR count). The highest BCUT2D eigenvalue weighted by Gasteiger charge is 2.30. The van der Waals surface area contributed by atoms with Gasteiger partial charge in [0.15, 0.2) is 5.82 Å². The van der Waals surface area contributed by atoms with E-state index in [1.165, 1.54) is 11.0 Å². The van der Waals surface area contributed by atoms with E-state index in [0.29, 0.717) is 17.1 Å². The predicted octanol–water partition coefficient (Wildman–Crippen LogP) is 3.35. The van der Waals surface area contributed by atoms with Crippen molar-refractivity contribution in [1.82, 2.24) is 25.0 Å². The average Bonchev–Trinajstić information content (AvgIpc) is 3.22. The number of hydrogen-bond donors (Lipinski definition) is 1. The average molecular weight is 402 g/mol. The van der Waals surface area contributed by atoms with Gasteiger partial charge in [0, 0.05) is 18.2 Å². The van der Waals surface area contributed by atoms with Gasteiger partial charge in [0.25, 0.3) is 0 Å². The lowest BCUT2D eigenvalue weighted by Gasteiger charge is -2.17. The fourth-order valence-corrected chi connectivity index (χ4v) is 2.85. The fourth-order valence-electron chi connectivity index (χ4n) is 2.58. The van der Waals surface area contributed by atoms with Gasteiger partial charge in [-0.15, -0.1) is 0 Å². The summed E-state index contributed by atoms with van der Waals surface area (Å²) in [5.41, 5.74) is 0.888. The summed E-state index contributed by atoms with van der Waals surface area (Å²) in [6, 6.07) is 4.94. The Balaban J connectivity index is 2.00. The van der Waals surface area contributed by atoms with Gasteiger partial charge >= 0.3 is 5.97 Å². The second-order valence-electron chi connectivity index (χ2n) is 7.39. The zero-order valence-corrected chi connectivity index (χ0v) is 17.0. The second-order valence-corrected chi connectivity index (χ2v) is 7.79. The number of rotatable bonds is 4. The van der Waals surface area contributed by atoms with Crippen LogP contribution in [0.15, 0.2) is 24.5 Å². The Morgan fingerprint density at radius 2 is 1.96 bits per heavy atom. The summed E-state index contributed by atoms with van der Waals surface area (Å²) in [5.74, 6) is -0.205. The van der Waals surface area contributed by atoms with E-state index >= 15 is 0 Å². The van der Waals surface area contributed by atoms with Gasteiger partial charge in [-0.2, -0.15) is 10.2 Å². The number of aromatic amines is 1. The zero-order chi connectivity index (χ0) is 20.6. The third-order valence-corrected chi connectivity index (χ3v) is 4.41. The molecule has 0 bridgehead atoms. The SMILES string of the molecule is Cc1nn(C)c(OC(=O)C(C)(C)C)c1C(=O)c1ccc(-c2ncn[nH]2)cc1Cl. The number of aromatic nitrogens is 5. The number of ether oxygens (including phenoxy) is 1. The van der Waals surface area contributed by atoms with Gasteiger partial charge < -0.3 is 4.74 Å². The maximum atomic E-state index is 13.2. The standard InChI is InChI=1S/C19H20ClN5O3/c1-10-14(17(25(5)24-10)28-18(27)19(2,3)4)15(26)12-7-6-11(8-13(12)20)16-21-9-22-23-16/h6-9H,1-5H3,(H,21,22,23). The summed E-state index contributed by atoms with van der Waals surface area (Å²) in [5, 5.41) is 11.0. The molecule has 0 aliphatic heterocycles. The molecular formula is C19H20ClN5O3. The lowest BCUT2D eigenvalue weighted by Crippen LogP contribution is -2.27. The van der Waals surface area contributed by atoms with Crippen molar-refractivity contribution in [3.8, 4) is 17.3 Å². The van der Waals surface area contributed by atoms with Crippen molar-refractivity contribution in [2.24, 2.45) is 12.5 Å². The Bertz CT molecular complexity index is 1050. The minimum absolute atomic E-state index is 0.0952. The van der Waals surface area contributed by atoms with Gasteiger partial charge in [-0.1, -0.05) is 17.7 Å². The van der Waals surface area contributed by atoms with Crippen LogP contribution < -0.4 is 4.74 Å². The minimum Gasteiger partial charge on any atom is -0.407 e. The Labute approximate surface area is 166 Å². The Kier molecular flexibility index (Phi) is 5.08. The lowest BCUT2D eigenvalue weighted by molar-refractivity contribution is -0.143. The van der Waals surface area contributed by atoms with E-state index in [-0.39, 0.29) is 27.8 Å². The Morgan fingerprint density at radius 3 is 2.54 bits per heavy atom. The first-order chi connectivity index (χ1) is 13.1. The quantitative estimate of drug-likeness (QED) is 0.531. The number of halogens is 1. The van der Waals surface area contributed by atoms with Crippen molar-refractivity contribution in [2.45, 2.75) is 27.7 Å². The van der Waals surface area contributed by atoms with E-state index in [1.54, 1.807) is 52.9 Å². The molecule has 28 heavy (non-hydrogen) atoms. The number of H-pyrrole nitrogens is 1. The monoisotopic (exact) mass is 401 g/mol. The molecule has 2 aromatic heterocycles. The maximum Gasteiger partial charge on any atom is 0.317 e. The molecule has 0 unspecified atom stereocenters. The number of carbonyl (C=O) groups excluding carboxylic acids is 2. The number of aryl methyl sites for hydroxylation is 2. The highest BCUT2D eigenvalue weighted by Crippen LogP contribution is 2.31. The number of benzene rings is 1. The molecule has 3 aromatic rings. The molecule has 1 aromatic carbocycles. The van der Waals surface area contributed by atoms with Crippen LogP contribution in [0.1, 0.15) is 42.4 Å². The molecule has 0 atom stereocenters. The van der Waals surface area contributed by atoms with Gasteiger partial charge in [-0.3, -0.25) is 14.7 Å². The topological polar surface area (TPSA) is 103 Å². The molecule has 0 aliphatic carbocycles. The van der Waals surface area contributed by atoms with Crippen molar-refractivity contribution in [1.29, 1.82) is 0 Å². The summed E-state index contributed by atoms with van der Waals surface area (Å²) in [7, 11) is 1.61. The number of hydrogen-bond acceptors (Lipinski definition) is 6. The van der Waals surface area contributed by atoms with Gasteiger partial charge in [-0.05, 0) is 39.8 Å². The first kappa shape index (κ1) is 19.8. The minimum atomic E-state index is -0.727. The highest BCUT2D eigenvalue weighted by molar-refractivity contribution is 6.35.